The number of hydrogen-bond donors (Lipinski definition) is 2. The Bertz CT molecular complexity index is 1040. The highest BCUT2D eigenvalue weighted by molar-refractivity contribution is 6.02. The van der Waals surface area contributed by atoms with E-state index in [1.54, 1.807) is 51.2 Å². The van der Waals surface area contributed by atoms with E-state index in [0.717, 1.165) is 5.56 Å². The number of anilines is 1. The fraction of sp³-hybridized carbons (Fsp3) is 0.208. The van der Waals surface area contributed by atoms with Crippen LogP contribution in [0.4, 0.5) is 10.5 Å². The maximum Gasteiger partial charge on any atom is 0.338 e. The van der Waals surface area contributed by atoms with Crippen molar-refractivity contribution in [1.82, 2.24) is 10.2 Å². The number of ether oxygens (including phenoxy) is 1. The molecule has 1 aliphatic rings. The van der Waals surface area contributed by atoms with Gasteiger partial charge < -0.3 is 20.3 Å². The number of esters is 1. The Morgan fingerprint density at radius 3 is 2.61 bits per heavy atom. The molecule has 1 atom stereocenters. The summed E-state index contributed by atoms with van der Waals surface area (Å²) < 4.78 is 5.20. The minimum absolute atomic E-state index is 0.226. The van der Waals surface area contributed by atoms with Gasteiger partial charge in [-0.05, 0) is 43.2 Å². The van der Waals surface area contributed by atoms with Gasteiger partial charge >= 0.3 is 12.0 Å². The van der Waals surface area contributed by atoms with Crippen LogP contribution in [-0.2, 0) is 14.3 Å². The van der Waals surface area contributed by atoms with Crippen LogP contribution in [0.25, 0.3) is 6.08 Å². The lowest BCUT2D eigenvalue weighted by atomic mass is 9.94. The highest BCUT2D eigenvalue weighted by Crippen LogP contribution is 2.31. The van der Waals surface area contributed by atoms with Crippen molar-refractivity contribution in [2.24, 2.45) is 0 Å². The molecule has 3 amide bonds. The van der Waals surface area contributed by atoms with Crippen molar-refractivity contribution < 1.29 is 19.1 Å². The van der Waals surface area contributed by atoms with Crippen molar-refractivity contribution >= 4 is 29.7 Å². The second-order valence-electron chi connectivity index (χ2n) is 7.02. The van der Waals surface area contributed by atoms with Gasteiger partial charge in [-0.25, -0.2) is 9.59 Å². The van der Waals surface area contributed by atoms with Gasteiger partial charge in [0, 0.05) is 24.5 Å². The first-order valence-corrected chi connectivity index (χ1v) is 9.97. The molecular weight excluding hydrogens is 394 g/mol. The third-order valence-corrected chi connectivity index (χ3v) is 4.96. The molecule has 2 aromatic carbocycles. The van der Waals surface area contributed by atoms with Crippen LogP contribution >= 0.6 is 0 Å². The molecule has 0 spiro atoms. The number of rotatable bonds is 6. The van der Waals surface area contributed by atoms with Gasteiger partial charge in [-0.3, -0.25) is 4.79 Å². The number of carbonyl (C=O) groups is 3. The Labute approximate surface area is 181 Å². The molecule has 1 heterocycles. The second-order valence-corrected chi connectivity index (χ2v) is 7.02. The summed E-state index contributed by atoms with van der Waals surface area (Å²) >= 11 is 0. The van der Waals surface area contributed by atoms with Gasteiger partial charge in [0.2, 0.25) is 5.91 Å². The molecule has 0 saturated heterocycles. The van der Waals surface area contributed by atoms with Crippen LogP contribution in [0.1, 0.15) is 31.0 Å². The minimum atomic E-state index is -0.681. The van der Waals surface area contributed by atoms with E-state index in [4.69, 9.17) is 4.74 Å². The van der Waals surface area contributed by atoms with E-state index in [9.17, 15) is 14.4 Å². The molecular formula is C24H25N3O4. The van der Waals surface area contributed by atoms with Crippen molar-refractivity contribution in [2.45, 2.75) is 19.9 Å². The van der Waals surface area contributed by atoms with Gasteiger partial charge in [0.25, 0.3) is 0 Å². The van der Waals surface area contributed by atoms with Crippen LogP contribution in [-0.4, -0.2) is 36.5 Å². The van der Waals surface area contributed by atoms with E-state index in [2.05, 4.69) is 10.6 Å². The Kier molecular flexibility index (Phi) is 6.87. The quantitative estimate of drug-likeness (QED) is 0.550. The Morgan fingerprint density at radius 2 is 1.90 bits per heavy atom. The normalized spacial score (nSPS) is 16.3. The zero-order valence-corrected chi connectivity index (χ0v) is 17.7. The molecule has 7 heteroatoms. The van der Waals surface area contributed by atoms with E-state index < -0.39 is 12.0 Å². The molecule has 160 valence electrons. The minimum Gasteiger partial charge on any atom is -0.463 e. The molecule has 1 aliphatic heterocycles. The third-order valence-electron chi connectivity index (χ3n) is 4.96. The summed E-state index contributed by atoms with van der Waals surface area (Å²) in [6.45, 7) is 3.66. The first-order valence-electron chi connectivity index (χ1n) is 9.97. The Hall–Kier alpha value is -3.87. The highest BCUT2D eigenvalue weighted by Gasteiger charge is 2.35. The van der Waals surface area contributed by atoms with Crippen molar-refractivity contribution in [1.29, 1.82) is 0 Å². The van der Waals surface area contributed by atoms with Gasteiger partial charge in [0.05, 0.1) is 18.2 Å². The molecule has 0 radical (unpaired) electrons. The zero-order chi connectivity index (χ0) is 22.4. The lowest BCUT2D eigenvalue weighted by molar-refractivity contribution is -0.139. The fourth-order valence-corrected chi connectivity index (χ4v) is 3.27. The highest BCUT2D eigenvalue weighted by atomic mass is 16.5. The molecule has 2 N–H and O–H groups in total. The number of urea groups is 1. The summed E-state index contributed by atoms with van der Waals surface area (Å²) in [5.41, 5.74) is 3.01. The number of nitrogens with zero attached hydrogens (tertiary/aromatic N) is 1. The summed E-state index contributed by atoms with van der Waals surface area (Å²) in [6.07, 6.45) is 3.18. The lowest BCUT2D eigenvalue weighted by Crippen LogP contribution is -2.46. The standard InChI is InChI=1S/C24H25N3O4/c1-4-31-23(29)21-16(2)27(3)24(30)26-22(21)18-11-8-12-19(15-18)25-20(28)14-13-17-9-6-5-7-10-17/h5-15,22H,4H2,1-3H3,(H,25,28)(H,26,30). The summed E-state index contributed by atoms with van der Waals surface area (Å²) in [4.78, 5) is 38.6. The lowest BCUT2D eigenvalue weighted by Gasteiger charge is -2.33. The van der Waals surface area contributed by atoms with E-state index in [1.807, 2.05) is 30.3 Å². The number of allylic oxidation sites excluding steroid dienone is 1. The van der Waals surface area contributed by atoms with Crippen LogP contribution in [0.2, 0.25) is 0 Å². The average molecular weight is 419 g/mol. The van der Waals surface area contributed by atoms with Gasteiger partial charge in [0.15, 0.2) is 0 Å². The Balaban J connectivity index is 1.84. The molecule has 7 nitrogen and oxygen atoms in total. The topological polar surface area (TPSA) is 87.7 Å². The van der Waals surface area contributed by atoms with E-state index in [-0.39, 0.29) is 18.5 Å². The molecule has 3 rings (SSSR count). The predicted molar refractivity (Wildman–Crippen MR) is 119 cm³/mol. The van der Waals surface area contributed by atoms with Gasteiger partial charge in [0.1, 0.15) is 0 Å². The first-order chi connectivity index (χ1) is 14.9. The van der Waals surface area contributed by atoms with Crippen molar-refractivity contribution in [3.05, 3.63) is 83.1 Å². The summed E-state index contributed by atoms with van der Waals surface area (Å²) in [6, 6.07) is 15.5. The molecule has 0 saturated carbocycles. The summed E-state index contributed by atoms with van der Waals surface area (Å²) in [5.74, 6) is -0.775. The number of amides is 3. The molecule has 0 fully saturated rings. The monoisotopic (exact) mass is 419 g/mol. The largest absolute Gasteiger partial charge is 0.463 e. The second kappa shape index (κ2) is 9.75. The average Bonchev–Trinajstić information content (AvgIpc) is 2.77. The summed E-state index contributed by atoms with van der Waals surface area (Å²) in [7, 11) is 1.59. The molecule has 2 aromatic rings. The van der Waals surface area contributed by atoms with Crippen molar-refractivity contribution in [2.75, 3.05) is 19.0 Å². The van der Waals surface area contributed by atoms with E-state index in [0.29, 0.717) is 22.5 Å². The van der Waals surface area contributed by atoms with Gasteiger partial charge in [-0.15, -0.1) is 0 Å². The van der Waals surface area contributed by atoms with Crippen LogP contribution in [0.3, 0.4) is 0 Å². The molecule has 1 unspecified atom stereocenters. The van der Waals surface area contributed by atoms with Gasteiger partial charge in [-0.2, -0.15) is 0 Å². The molecule has 0 aliphatic carbocycles. The predicted octanol–water partition coefficient (Wildman–Crippen LogP) is 3.87. The fourth-order valence-electron chi connectivity index (χ4n) is 3.27. The summed E-state index contributed by atoms with van der Waals surface area (Å²) in [5, 5.41) is 5.64. The first kappa shape index (κ1) is 21.8. The molecule has 0 aromatic heterocycles. The van der Waals surface area contributed by atoms with Crippen molar-refractivity contribution in [3.63, 3.8) is 0 Å². The SMILES string of the molecule is CCOC(=O)C1=C(C)N(C)C(=O)NC1c1cccc(NC(=O)C=Cc2ccccc2)c1. The number of nitrogens with one attached hydrogen (secondary N) is 2. The van der Waals surface area contributed by atoms with E-state index in [1.165, 1.54) is 11.0 Å². The molecule has 31 heavy (non-hydrogen) atoms. The van der Waals surface area contributed by atoms with Crippen molar-refractivity contribution in [3.8, 4) is 0 Å². The number of benzene rings is 2. The maximum absolute atomic E-state index is 12.6. The van der Waals surface area contributed by atoms with E-state index >= 15 is 0 Å². The number of carbonyl (C=O) groups excluding carboxylic acids is 3. The van der Waals surface area contributed by atoms with Gasteiger partial charge in [-0.1, -0.05) is 42.5 Å². The van der Waals surface area contributed by atoms with Crippen LogP contribution < -0.4 is 10.6 Å². The van der Waals surface area contributed by atoms with Crippen LogP contribution in [0.15, 0.2) is 71.9 Å². The smallest absolute Gasteiger partial charge is 0.338 e. The van der Waals surface area contributed by atoms with Crippen LogP contribution in [0.5, 0.6) is 0 Å². The maximum atomic E-state index is 12.6. The number of hydrogen-bond acceptors (Lipinski definition) is 4. The Morgan fingerprint density at radius 1 is 1.16 bits per heavy atom. The van der Waals surface area contributed by atoms with Crippen LogP contribution in [0, 0.1) is 0 Å². The third kappa shape index (κ3) is 5.19. The molecule has 0 bridgehead atoms. The zero-order valence-electron chi connectivity index (χ0n) is 17.7.